The third kappa shape index (κ3) is 3.97. The molecule has 0 unspecified atom stereocenters. The average molecular weight is 319 g/mol. The summed E-state index contributed by atoms with van der Waals surface area (Å²) in [5.41, 5.74) is 0. The number of likely N-dealkylation sites (tertiary alicyclic amines) is 1. The lowest BCUT2D eigenvalue weighted by Gasteiger charge is -2.27. The van der Waals surface area contributed by atoms with E-state index < -0.39 is 0 Å². The van der Waals surface area contributed by atoms with Crippen LogP contribution < -0.4 is 0 Å². The van der Waals surface area contributed by atoms with Gasteiger partial charge in [0.25, 0.3) is 0 Å². The first-order valence-corrected chi connectivity index (χ1v) is 10.2. The number of nitrogens with zero attached hydrogens (tertiary/aromatic N) is 1. The van der Waals surface area contributed by atoms with Gasteiger partial charge in [0.1, 0.15) is 0 Å². The Morgan fingerprint density at radius 3 is 1.30 bits per heavy atom. The van der Waals surface area contributed by atoms with Gasteiger partial charge in [-0.25, -0.2) is 0 Å². The third-order valence-electron chi connectivity index (χ3n) is 6.32. The highest BCUT2D eigenvalue weighted by Crippen LogP contribution is 2.40. The average Bonchev–Trinajstić information content (AvgIpc) is 2.81. The van der Waals surface area contributed by atoms with Gasteiger partial charge in [-0.05, 0) is 25.7 Å². The van der Waals surface area contributed by atoms with Gasteiger partial charge in [-0.1, -0.05) is 70.6 Å². The highest BCUT2D eigenvalue weighted by molar-refractivity contribution is 6.05. The van der Waals surface area contributed by atoms with Crippen molar-refractivity contribution in [1.82, 2.24) is 4.90 Å². The highest BCUT2D eigenvalue weighted by atomic mass is 16.2. The first-order chi connectivity index (χ1) is 11.3. The third-order valence-corrected chi connectivity index (χ3v) is 6.32. The maximum absolute atomic E-state index is 12.8. The van der Waals surface area contributed by atoms with Crippen molar-refractivity contribution in [1.29, 1.82) is 0 Å². The lowest BCUT2D eigenvalue weighted by Crippen LogP contribution is -2.40. The molecule has 3 fully saturated rings. The SMILES string of the molecule is O=C1[C@H]2CCCC[C@H]2C(=O)N1C1CCCCCCCCCCC1. The molecule has 0 radical (unpaired) electrons. The minimum atomic E-state index is 0.0256. The highest BCUT2D eigenvalue weighted by Gasteiger charge is 2.49. The number of hydrogen-bond acceptors (Lipinski definition) is 2. The quantitative estimate of drug-likeness (QED) is 0.649. The van der Waals surface area contributed by atoms with E-state index in [9.17, 15) is 9.59 Å². The van der Waals surface area contributed by atoms with E-state index in [-0.39, 0.29) is 29.7 Å². The number of fused-ring (bicyclic) bond motifs is 1. The first-order valence-electron chi connectivity index (χ1n) is 10.2. The molecular weight excluding hydrogens is 286 g/mol. The zero-order valence-corrected chi connectivity index (χ0v) is 14.6. The summed E-state index contributed by atoms with van der Waals surface area (Å²) < 4.78 is 0. The van der Waals surface area contributed by atoms with Gasteiger partial charge in [-0.2, -0.15) is 0 Å². The Bertz CT molecular complexity index is 384. The van der Waals surface area contributed by atoms with Gasteiger partial charge in [0.2, 0.25) is 11.8 Å². The molecule has 0 aromatic rings. The normalized spacial score (nSPS) is 32.3. The lowest BCUT2D eigenvalue weighted by molar-refractivity contribution is -0.143. The molecule has 23 heavy (non-hydrogen) atoms. The van der Waals surface area contributed by atoms with Gasteiger partial charge in [-0.3, -0.25) is 14.5 Å². The van der Waals surface area contributed by atoms with E-state index in [1.807, 2.05) is 0 Å². The number of imide groups is 1. The molecule has 0 aromatic carbocycles. The smallest absolute Gasteiger partial charge is 0.233 e. The molecule has 0 N–H and O–H groups in total. The van der Waals surface area contributed by atoms with Gasteiger partial charge in [0.05, 0.1) is 11.8 Å². The molecule has 1 saturated heterocycles. The summed E-state index contributed by atoms with van der Waals surface area (Å²) in [5, 5.41) is 0. The second-order valence-electron chi connectivity index (χ2n) is 7.96. The van der Waals surface area contributed by atoms with Crippen LogP contribution in [0.5, 0.6) is 0 Å². The Morgan fingerprint density at radius 1 is 0.522 bits per heavy atom. The molecule has 2 aliphatic carbocycles. The lowest BCUT2D eigenvalue weighted by atomic mass is 9.81. The van der Waals surface area contributed by atoms with E-state index in [4.69, 9.17) is 0 Å². The fourth-order valence-corrected chi connectivity index (χ4v) is 4.95. The summed E-state index contributed by atoms with van der Waals surface area (Å²) in [7, 11) is 0. The number of amides is 2. The summed E-state index contributed by atoms with van der Waals surface area (Å²) in [6.07, 6.45) is 17.8. The second kappa shape index (κ2) is 8.30. The fourth-order valence-electron chi connectivity index (χ4n) is 4.95. The molecule has 3 heteroatoms. The molecule has 1 aliphatic heterocycles. The van der Waals surface area contributed by atoms with Gasteiger partial charge in [-0.15, -0.1) is 0 Å². The van der Waals surface area contributed by atoms with Crippen molar-refractivity contribution < 1.29 is 9.59 Å². The van der Waals surface area contributed by atoms with Gasteiger partial charge < -0.3 is 0 Å². The van der Waals surface area contributed by atoms with E-state index in [0.29, 0.717) is 0 Å². The Labute approximate surface area is 141 Å². The van der Waals surface area contributed by atoms with Crippen molar-refractivity contribution in [3.05, 3.63) is 0 Å². The Hall–Kier alpha value is -0.860. The maximum atomic E-state index is 12.8. The molecule has 0 spiro atoms. The fraction of sp³-hybridized carbons (Fsp3) is 0.900. The molecule has 3 rings (SSSR count). The van der Waals surface area contributed by atoms with Crippen molar-refractivity contribution in [2.24, 2.45) is 11.8 Å². The van der Waals surface area contributed by atoms with Crippen molar-refractivity contribution in [2.75, 3.05) is 0 Å². The number of hydrogen-bond donors (Lipinski definition) is 0. The van der Waals surface area contributed by atoms with Crippen LogP contribution in [0.1, 0.15) is 96.3 Å². The topological polar surface area (TPSA) is 37.4 Å². The molecular formula is C20H33NO2. The van der Waals surface area contributed by atoms with Crippen LogP contribution in [0, 0.1) is 11.8 Å². The standard InChI is InChI=1S/C20H33NO2/c22-19-17-14-10-11-15-18(17)20(23)21(19)16-12-8-6-4-2-1-3-5-7-9-13-16/h16-18H,1-15H2/t17-,18+. The van der Waals surface area contributed by atoms with Crippen molar-refractivity contribution in [3.8, 4) is 0 Å². The van der Waals surface area contributed by atoms with Crippen LogP contribution >= 0.6 is 0 Å². The van der Waals surface area contributed by atoms with Crippen molar-refractivity contribution >= 4 is 11.8 Å². The van der Waals surface area contributed by atoms with E-state index in [0.717, 1.165) is 38.5 Å². The zero-order chi connectivity index (χ0) is 16.1. The van der Waals surface area contributed by atoms with Crippen LogP contribution in [0.3, 0.4) is 0 Å². The molecule has 3 nitrogen and oxygen atoms in total. The van der Waals surface area contributed by atoms with Gasteiger partial charge in [0, 0.05) is 6.04 Å². The maximum Gasteiger partial charge on any atom is 0.233 e. The molecule has 3 aliphatic rings. The van der Waals surface area contributed by atoms with Crippen LogP contribution in [0.4, 0.5) is 0 Å². The molecule has 2 atom stereocenters. The summed E-state index contributed by atoms with van der Waals surface area (Å²) in [6, 6.07) is 0.194. The summed E-state index contributed by atoms with van der Waals surface area (Å²) >= 11 is 0. The van der Waals surface area contributed by atoms with Crippen molar-refractivity contribution in [3.63, 3.8) is 0 Å². The predicted octanol–water partition coefficient (Wildman–Crippen LogP) is 4.83. The minimum Gasteiger partial charge on any atom is -0.279 e. The van der Waals surface area contributed by atoms with Crippen LogP contribution in [-0.4, -0.2) is 22.8 Å². The first kappa shape index (κ1) is 17.0. The molecule has 0 aromatic heterocycles. The summed E-state index contributed by atoms with van der Waals surface area (Å²) in [5.74, 6) is 0.406. The second-order valence-corrected chi connectivity index (χ2v) is 7.96. The molecule has 130 valence electrons. The summed E-state index contributed by atoms with van der Waals surface area (Å²) in [6.45, 7) is 0. The molecule has 2 saturated carbocycles. The number of carbonyl (C=O) groups is 2. The van der Waals surface area contributed by atoms with E-state index in [1.54, 1.807) is 4.90 Å². The monoisotopic (exact) mass is 319 g/mol. The van der Waals surface area contributed by atoms with E-state index in [1.165, 1.54) is 57.8 Å². The van der Waals surface area contributed by atoms with Crippen LogP contribution in [0.25, 0.3) is 0 Å². The number of rotatable bonds is 1. The minimum absolute atomic E-state index is 0.0256. The Kier molecular flexibility index (Phi) is 6.13. The zero-order valence-electron chi connectivity index (χ0n) is 14.6. The van der Waals surface area contributed by atoms with E-state index in [2.05, 4.69) is 0 Å². The van der Waals surface area contributed by atoms with E-state index >= 15 is 0 Å². The molecule has 1 heterocycles. The number of carbonyl (C=O) groups excluding carboxylic acids is 2. The van der Waals surface area contributed by atoms with Crippen LogP contribution in [-0.2, 0) is 9.59 Å². The molecule has 2 amide bonds. The largest absolute Gasteiger partial charge is 0.279 e. The van der Waals surface area contributed by atoms with Crippen LogP contribution in [0.15, 0.2) is 0 Å². The Morgan fingerprint density at radius 2 is 0.870 bits per heavy atom. The molecule has 0 bridgehead atoms. The Balaban J connectivity index is 1.66. The van der Waals surface area contributed by atoms with Crippen LogP contribution in [0.2, 0.25) is 0 Å². The summed E-state index contributed by atoms with van der Waals surface area (Å²) in [4.78, 5) is 27.4. The van der Waals surface area contributed by atoms with Gasteiger partial charge >= 0.3 is 0 Å². The van der Waals surface area contributed by atoms with Crippen molar-refractivity contribution in [2.45, 2.75) is 102 Å². The van der Waals surface area contributed by atoms with Gasteiger partial charge in [0.15, 0.2) is 0 Å². The predicted molar refractivity (Wildman–Crippen MR) is 91.9 cm³/mol.